The number of fused-ring (bicyclic) bond motifs is 6. The Morgan fingerprint density at radius 1 is 0.724 bits per heavy atom. The van der Waals surface area contributed by atoms with E-state index in [1.54, 1.807) is 12.1 Å². The summed E-state index contributed by atoms with van der Waals surface area (Å²) in [5, 5.41) is 1.63. The van der Waals surface area contributed by atoms with Gasteiger partial charge in [-0.2, -0.15) is 0 Å². The van der Waals surface area contributed by atoms with Gasteiger partial charge in [-0.1, -0.05) is 42.5 Å². The maximum absolute atomic E-state index is 13.6. The van der Waals surface area contributed by atoms with Crippen LogP contribution in [-0.4, -0.2) is 24.7 Å². The minimum atomic E-state index is -0.0920. The number of hydrogen-bond donors (Lipinski definition) is 0. The Balaban J connectivity index is 1.75. The highest BCUT2D eigenvalue weighted by Crippen LogP contribution is 2.43. The van der Waals surface area contributed by atoms with E-state index in [1.807, 2.05) is 42.5 Å². The summed E-state index contributed by atoms with van der Waals surface area (Å²) >= 11 is 0. The number of anilines is 1. The molecule has 4 heteroatoms. The van der Waals surface area contributed by atoms with Crippen LogP contribution in [0.2, 0.25) is 0 Å². The third-order valence-corrected chi connectivity index (χ3v) is 6.21. The summed E-state index contributed by atoms with van der Waals surface area (Å²) in [6.45, 7) is 1.78. The lowest BCUT2D eigenvalue weighted by atomic mass is 9.81. The second-order valence-corrected chi connectivity index (χ2v) is 7.87. The largest absolute Gasteiger partial charge is 0.456 e. The number of benzene rings is 3. The number of nitrogens with zero attached hydrogens (tertiary/aromatic N) is 1. The first-order valence-electron chi connectivity index (χ1n) is 10.2. The lowest BCUT2D eigenvalue weighted by Gasteiger charge is -2.32. The summed E-state index contributed by atoms with van der Waals surface area (Å²) in [6, 6.07) is 16.8. The van der Waals surface area contributed by atoms with Gasteiger partial charge in [-0.05, 0) is 25.3 Å². The third-order valence-electron chi connectivity index (χ3n) is 6.21. The predicted octanol–water partition coefficient (Wildman–Crippen LogP) is 5.35. The van der Waals surface area contributed by atoms with Crippen molar-refractivity contribution in [1.29, 1.82) is 0 Å². The van der Waals surface area contributed by atoms with Crippen molar-refractivity contribution in [3.63, 3.8) is 0 Å². The average Bonchev–Trinajstić information content (AvgIpc) is 3.15. The molecule has 1 aromatic heterocycles. The molecule has 0 bridgehead atoms. The van der Waals surface area contributed by atoms with Crippen LogP contribution in [0, 0.1) is 0 Å². The topological polar surface area (TPSA) is 50.5 Å². The molecule has 0 atom stereocenters. The lowest BCUT2D eigenvalue weighted by molar-refractivity contribution is 0.0980. The molecular formula is C25H19NO3. The summed E-state index contributed by atoms with van der Waals surface area (Å²) in [4.78, 5) is 29.5. The minimum absolute atomic E-state index is 0.0667. The van der Waals surface area contributed by atoms with Crippen molar-refractivity contribution in [3.8, 4) is 0 Å². The summed E-state index contributed by atoms with van der Waals surface area (Å²) in [5.74, 6) is -0.159. The van der Waals surface area contributed by atoms with Crippen LogP contribution < -0.4 is 4.90 Å². The van der Waals surface area contributed by atoms with Gasteiger partial charge in [0.05, 0.1) is 11.3 Å². The number of para-hydroxylation sites is 1. The zero-order chi connectivity index (χ0) is 19.5. The molecule has 29 heavy (non-hydrogen) atoms. The molecule has 2 heterocycles. The molecule has 0 N–H and O–H groups in total. The van der Waals surface area contributed by atoms with Crippen molar-refractivity contribution in [1.82, 2.24) is 0 Å². The minimum Gasteiger partial charge on any atom is -0.456 e. The second-order valence-electron chi connectivity index (χ2n) is 7.87. The highest BCUT2D eigenvalue weighted by atomic mass is 16.3. The van der Waals surface area contributed by atoms with Crippen LogP contribution in [0.3, 0.4) is 0 Å². The van der Waals surface area contributed by atoms with Gasteiger partial charge in [-0.25, -0.2) is 0 Å². The van der Waals surface area contributed by atoms with Crippen molar-refractivity contribution >= 4 is 39.2 Å². The van der Waals surface area contributed by atoms with E-state index in [2.05, 4.69) is 4.90 Å². The number of carbonyl (C=O) groups excluding carboxylic acids is 2. The fourth-order valence-electron chi connectivity index (χ4n) is 4.86. The SMILES string of the molecule is O=C1c2ccccc2C(=O)c2c1c(N1CCCCC1)cc1oc3ccccc3c21. The van der Waals surface area contributed by atoms with E-state index in [0.717, 1.165) is 48.0 Å². The zero-order valence-electron chi connectivity index (χ0n) is 15.9. The van der Waals surface area contributed by atoms with Gasteiger partial charge in [-0.3, -0.25) is 9.59 Å². The lowest BCUT2D eigenvalue weighted by Crippen LogP contribution is -2.33. The van der Waals surface area contributed by atoms with Crippen LogP contribution >= 0.6 is 0 Å². The third kappa shape index (κ3) is 2.26. The van der Waals surface area contributed by atoms with Crippen molar-refractivity contribution in [2.24, 2.45) is 0 Å². The summed E-state index contributed by atoms with van der Waals surface area (Å²) < 4.78 is 6.13. The second kappa shape index (κ2) is 6.05. The van der Waals surface area contributed by atoms with E-state index in [1.165, 1.54) is 6.42 Å². The van der Waals surface area contributed by atoms with E-state index in [-0.39, 0.29) is 11.6 Å². The highest BCUT2D eigenvalue weighted by molar-refractivity contribution is 6.35. The van der Waals surface area contributed by atoms with Gasteiger partial charge in [0.2, 0.25) is 0 Å². The molecule has 0 amide bonds. The maximum atomic E-state index is 13.6. The Hall–Kier alpha value is -3.40. The molecule has 4 aromatic rings. The van der Waals surface area contributed by atoms with Crippen molar-refractivity contribution in [3.05, 3.63) is 76.9 Å². The molecule has 0 unspecified atom stereocenters. The quantitative estimate of drug-likeness (QED) is 0.393. The molecule has 1 saturated heterocycles. The Morgan fingerprint density at radius 3 is 2.14 bits per heavy atom. The van der Waals surface area contributed by atoms with Gasteiger partial charge in [-0.15, -0.1) is 0 Å². The number of ketones is 2. The van der Waals surface area contributed by atoms with Gasteiger partial charge < -0.3 is 9.32 Å². The molecule has 3 aromatic carbocycles. The average molecular weight is 381 g/mol. The van der Waals surface area contributed by atoms with Gasteiger partial charge in [0.1, 0.15) is 11.2 Å². The molecule has 0 spiro atoms. The number of hydrogen-bond acceptors (Lipinski definition) is 4. The van der Waals surface area contributed by atoms with Crippen LogP contribution in [0.1, 0.15) is 51.1 Å². The molecule has 142 valence electrons. The van der Waals surface area contributed by atoms with Crippen LogP contribution in [0.4, 0.5) is 5.69 Å². The molecule has 6 rings (SSSR count). The Morgan fingerprint density at radius 2 is 1.38 bits per heavy atom. The van der Waals surface area contributed by atoms with Crippen LogP contribution in [-0.2, 0) is 0 Å². The van der Waals surface area contributed by atoms with Gasteiger partial charge in [0.25, 0.3) is 0 Å². The van der Waals surface area contributed by atoms with E-state index in [9.17, 15) is 9.59 Å². The predicted molar refractivity (Wildman–Crippen MR) is 113 cm³/mol. The van der Waals surface area contributed by atoms with E-state index in [4.69, 9.17) is 4.42 Å². The number of carbonyl (C=O) groups is 2. The Kier molecular flexibility index (Phi) is 3.45. The fraction of sp³-hybridized carbons (Fsp3) is 0.200. The smallest absolute Gasteiger partial charge is 0.196 e. The zero-order valence-corrected chi connectivity index (χ0v) is 15.9. The summed E-state index contributed by atoms with van der Waals surface area (Å²) in [7, 11) is 0. The molecule has 1 aliphatic heterocycles. The first kappa shape index (κ1) is 16.5. The normalized spacial score (nSPS) is 16.3. The first-order chi connectivity index (χ1) is 14.2. The van der Waals surface area contributed by atoms with Crippen molar-refractivity contribution < 1.29 is 14.0 Å². The molecule has 0 radical (unpaired) electrons. The molecule has 1 aliphatic carbocycles. The monoisotopic (exact) mass is 381 g/mol. The molecule has 0 saturated carbocycles. The number of furan rings is 1. The highest BCUT2D eigenvalue weighted by Gasteiger charge is 2.36. The van der Waals surface area contributed by atoms with Crippen LogP contribution in [0.5, 0.6) is 0 Å². The first-order valence-corrected chi connectivity index (χ1v) is 10.2. The maximum Gasteiger partial charge on any atom is 0.196 e. The molecule has 2 aliphatic rings. The van der Waals surface area contributed by atoms with E-state index >= 15 is 0 Å². The van der Waals surface area contributed by atoms with Gasteiger partial charge >= 0.3 is 0 Å². The fourth-order valence-corrected chi connectivity index (χ4v) is 4.86. The van der Waals surface area contributed by atoms with E-state index < -0.39 is 0 Å². The van der Waals surface area contributed by atoms with Gasteiger partial charge in [0, 0.05) is 46.6 Å². The Labute approximate surface area is 167 Å². The van der Waals surface area contributed by atoms with Gasteiger partial charge in [0.15, 0.2) is 11.6 Å². The van der Waals surface area contributed by atoms with E-state index in [0.29, 0.717) is 27.8 Å². The van der Waals surface area contributed by atoms with Crippen molar-refractivity contribution in [2.75, 3.05) is 18.0 Å². The summed E-state index contributed by atoms with van der Waals surface area (Å²) in [5.41, 5.74) is 4.25. The molecular weight excluding hydrogens is 362 g/mol. The standard InChI is InChI=1S/C25H19NO3/c27-24-15-8-2-3-9-16(15)25(28)23-21-17-10-4-5-11-19(17)29-20(21)14-18(22(23)24)26-12-6-1-7-13-26/h2-5,8-11,14H,1,6-7,12-13H2. The Bertz CT molecular complexity index is 1320. The van der Waals surface area contributed by atoms with Crippen LogP contribution in [0.15, 0.2) is 59.0 Å². The summed E-state index contributed by atoms with van der Waals surface area (Å²) in [6.07, 6.45) is 3.37. The number of piperidine rings is 1. The molecule has 4 nitrogen and oxygen atoms in total. The molecule has 1 fully saturated rings. The number of rotatable bonds is 1. The van der Waals surface area contributed by atoms with Crippen LogP contribution in [0.25, 0.3) is 21.9 Å². The van der Waals surface area contributed by atoms with Crippen molar-refractivity contribution in [2.45, 2.75) is 19.3 Å².